The Morgan fingerprint density at radius 2 is 1.78 bits per heavy atom. The first-order chi connectivity index (χ1) is 15.1. The molecule has 1 aliphatic heterocycles. The maximum atomic E-state index is 13.2. The van der Waals surface area contributed by atoms with E-state index in [9.17, 15) is 17.6 Å². The largest absolute Gasteiger partial charge is 0.337 e. The molecule has 6 nitrogen and oxygen atoms in total. The van der Waals surface area contributed by atoms with E-state index in [1.165, 1.54) is 41.7 Å². The molecule has 2 aromatic rings. The second-order valence-corrected chi connectivity index (χ2v) is 10.7. The standard InChI is InChI=1S/C23H29ClFN3O3S/c1-17(2)26(3)32(30,31)20-9-10-22(24)21(15-20)23(29)28-12-4-11-27(13-14-28)16-18-5-7-19(25)8-6-18/h5-10,15,17H,4,11-14,16H2,1-3H3. The Morgan fingerprint density at radius 1 is 1.09 bits per heavy atom. The summed E-state index contributed by atoms with van der Waals surface area (Å²) >= 11 is 6.30. The second kappa shape index (κ2) is 10.3. The van der Waals surface area contributed by atoms with E-state index in [1.807, 2.05) is 0 Å². The summed E-state index contributed by atoms with van der Waals surface area (Å²) in [6.45, 7) is 6.77. The van der Waals surface area contributed by atoms with Gasteiger partial charge in [-0.05, 0) is 56.2 Å². The topological polar surface area (TPSA) is 60.9 Å². The predicted molar refractivity (Wildman–Crippen MR) is 124 cm³/mol. The molecule has 32 heavy (non-hydrogen) atoms. The SMILES string of the molecule is CC(C)N(C)S(=O)(=O)c1ccc(Cl)c(C(=O)N2CCCN(Cc3ccc(F)cc3)CC2)c1. The molecule has 1 saturated heterocycles. The maximum Gasteiger partial charge on any atom is 0.255 e. The predicted octanol–water partition coefficient (Wildman–Crippen LogP) is 3.86. The molecule has 0 N–H and O–H groups in total. The average molecular weight is 482 g/mol. The van der Waals surface area contributed by atoms with Crippen molar-refractivity contribution < 1.29 is 17.6 Å². The first kappa shape index (κ1) is 24.6. The summed E-state index contributed by atoms with van der Waals surface area (Å²) in [5.41, 5.74) is 1.21. The maximum absolute atomic E-state index is 13.2. The summed E-state index contributed by atoms with van der Waals surface area (Å²) in [6.07, 6.45) is 0.776. The van der Waals surface area contributed by atoms with Crippen LogP contribution in [0, 0.1) is 5.82 Å². The van der Waals surface area contributed by atoms with Crippen LogP contribution in [0.15, 0.2) is 47.4 Å². The fourth-order valence-electron chi connectivity index (χ4n) is 3.62. The number of benzene rings is 2. The van der Waals surface area contributed by atoms with Gasteiger partial charge < -0.3 is 4.90 Å². The van der Waals surface area contributed by atoms with E-state index in [0.29, 0.717) is 26.2 Å². The summed E-state index contributed by atoms with van der Waals surface area (Å²) in [5.74, 6) is -0.537. The van der Waals surface area contributed by atoms with Crippen LogP contribution in [-0.4, -0.2) is 67.7 Å². The van der Waals surface area contributed by atoms with Crippen LogP contribution in [0.4, 0.5) is 4.39 Å². The minimum Gasteiger partial charge on any atom is -0.337 e. The van der Waals surface area contributed by atoms with Crippen molar-refractivity contribution in [3.63, 3.8) is 0 Å². The third-order valence-electron chi connectivity index (χ3n) is 5.77. The molecule has 1 amide bonds. The molecule has 0 radical (unpaired) electrons. The van der Waals surface area contributed by atoms with Gasteiger partial charge in [-0.2, -0.15) is 4.31 Å². The monoisotopic (exact) mass is 481 g/mol. The molecule has 9 heteroatoms. The minimum atomic E-state index is -3.73. The molecule has 174 valence electrons. The van der Waals surface area contributed by atoms with Gasteiger partial charge in [0.1, 0.15) is 5.82 Å². The van der Waals surface area contributed by atoms with E-state index in [1.54, 1.807) is 30.9 Å². The van der Waals surface area contributed by atoms with Gasteiger partial charge in [-0.1, -0.05) is 23.7 Å². The van der Waals surface area contributed by atoms with Gasteiger partial charge in [-0.15, -0.1) is 0 Å². The van der Waals surface area contributed by atoms with Crippen molar-refractivity contribution in [3.05, 3.63) is 64.4 Å². The van der Waals surface area contributed by atoms with Crippen molar-refractivity contribution in [3.8, 4) is 0 Å². The van der Waals surface area contributed by atoms with Crippen molar-refractivity contribution in [1.82, 2.24) is 14.1 Å². The zero-order valence-electron chi connectivity index (χ0n) is 18.6. The van der Waals surface area contributed by atoms with Crippen LogP contribution >= 0.6 is 11.6 Å². The van der Waals surface area contributed by atoms with Crippen molar-refractivity contribution >= 4 is 27.5 Å². The molecule has 0 aromatic heterocycles. The van der Waals surface area contributed by atoms with Crippen LogP contribution in [0.3, 0.4) is 0 Å². The van der Waals surface area contributed by atoms with Crippen LogP contribution in [0.2, 0.25) is 5.02 Å². The van der Waals surface area contributed by atoms with Crippen molar-refractivity contribution in [1.29, 1.82) is 0 Å². The minimum absolute atomic E-state index is 0.0502. The van der Waals surface area contributed by atoms with Gasteiger partial charge in [0.2, 0.25) is 10.0 Å². The Kier molecular flexibility index (Phi) is 7.92. The van der Waals surface area contributed by atoms with Gasteiger partial charge in [-0.25, -0.2) is 12.8 Å². The fraction of sp³-hybridized carbons (Fsp3) is 0.435. The number of amides is 1. The number of halogens is 2. The lowest BCUT2D eigenvalue weighted by Gasteiger charge is -2.24. The van der Waals surface area contributed by atoms with Gasteiger partial charge in [0, 0.05) is 45.8 Å². The van der Waals surface area contributed by atoms with Crippen LogP contribution in [0.1, 0.15) is 36.2 Å². The third kappa shape index (κ3) is 5.67. The number of hydrogen-bond acceptors (Lipinski definition) is 4. The van der Waals surface area contributed by atoms with E-state index in [2.05, 4.69) is 4.90 Å². The summed E-state index contributed by atoms with van der Waals surface area (Å²) in [6, 6.07) is 10.5. The summed E-state index contributed by atoms with van der Waals surface area (Å²) in [5, 5.41) is 0.230. The van der Waals surface area contributed by atoms with Crippen LogP contribution in [-0.2, 0) is 16.6 Å². The zero-order valence-corrected chi connectivity index (χ0v) is 20.2. The number of hydrogen-bond donors (Lipinski definition) is 0. The highest BCUT2D eigenvalue weighted by atomic mass is 35.5. The van der Waals surface area contributed by atoms with E-state index in [4.69, 9.17) is 11.6 Å². The highest BCUT2D eigenvalue weighted by molar-refractivity contribution is 7.89. The molecule has 0 spiro atoms. The van der Waals surface area contributed by atoms with Gasteiger partial charge in [0.15, 0.2) is 0 Å². The average Bonchev–Trinajstić information content (AvgIpc) is 3.00. The third-order valence-corrected chi connectivity index (χ3v) is 8.13. The number of carbonyl (C=O) groups is 1. The first-order valence-electron chi connectivity index (χ1n) is 10.6. The van der Waals surface area contributed by atoms with Gasteiger partial charge in [0.25, 0.3) is 5.91 Å². The van der Waals surface area contributed by atoms with E-state index in [-0.39, 0.29) is 33.2 Å². The van der Waals surface area contributed by atoms with E-state index in [0.717, 1.165) is 18.5 Å². The Bertz CT molecular complexity index is 1060. The number of rotatable bonds is 6. The molecule has 0 unspecified atom stereocenters. The second-order valence-electron chi connectivity index (χ2n) is 8.31. The Morgan fingerprint density at radius 3 is 2.44 bits per heavy atom. The molecule has 0 aliphatic carbocycles. The zero-order chi connectivity index (χ0) is 23.5. The normalized spacial score (nSPS) is 15.9. The molecule has 1 heterocycles. The molecule has 2 aromatic carbocycles. The summed E-state index contributed by atoms with van der Waals surface area (Å²) in [7, 11) is -2.21. The van der Waals surface area contributed by atoms with E-state index >= 15 is 0 Å². The number of nitrogens with zero attached hydrogens (tertiary/aromatic N) is 3. The molecule has 3 rings (SSSR count). The molecule has 0 bridgehead atoms. The van der Waals surface area contributed by atoms with Crippen molar-refractivity contribution in [2.24, 2.45) is 0 Å². The molecule has 1 fully saturated rings. The summed E-state index contributed by atoms with van der Waals surface area (Å²) in [4.78, 5) is 17.2. The van der Waals surface area contributed by atoms with Crippen LogP contribution in [0.5, 0.6) is 0 Å². The quantitative estimate of drug-likeness (QED) is 0.628. The highest BCUT2D eigenvalue weighted by Gasteiger charge is 2.27. The fourth-order valence-corrected chi connectivity index (χ4v) is 5.22. The Hall–Kier alpha value is -2.00. The molecular formula is C23H29ClFN3O3S. The van der Waals surface area contributed by atoms with Crippen molar-refractivity contribution in [2.75, 3.05) is 33.2 Å². The lowest BCUT2D eigenvalue weighted by molar-refractivity contribution is 0.0761. The molecule has 0 atom stereocenters. The lowest BCUT2D eigenvalue weighted by Crippen LogP contribution is -2.36. The first-order valence-corrected chi connectivity index (χ1v) is 12.4. The molecular weight excluding hydrogens is 453 g/mol. The summed E-state index contributed by atoms with van der Waals surface area (Å²) < 4.78 is 40.1. The van der Waals surface area contributed by atoms with E-state index < -0.39 is 10.0 Å². The lowest BCUT2D eigenvalue weighted by atomic mass is 10.2. The van der Waals surface area contributed by atoms with Crippen LogP contribution < -0.4 is 0 Å². The van der Waals surface area contributed by atoms with Gasteiger partial charge in [0.05, 0.1) is 15.5 Å². The van der Waals surface area contributed by atoms with Gasteiger partial charge >= 0.3 is 0 Å². The molecule has 0 saturated carbocycles. The smallest absolute Gasteiger partial charge is 0.255 e. The van der Waals surface area contributed by atoms with Gasteiger partial charge in [-0.3, -0.25) is 9.69 Å². The van der Waals surface area contributed by atoms with Crippen molar-refractivity contribution in [2.45, 2.75) is 37.8 Å². The van der Waals surface area contributed by atoms with Crippen LogP contribution in [0.25, 0.3) is 0 Å². The Labute approximate surface area is 194 Å². The molecule has 1 aliphatic rings. The number of sulfonamides is 1. The Balaban J connectivity index is 1.74. The highest BCUT2D eigenvalue weighted by Crippen LogP contribution is 2.25. The number of carbonyl (C=O) groups excluding carboxylic acids is 1.